The highest BCUT2D eigenvalue weighted by molar-refractivity contribution is 7.89. The Hall–Kier alpha value is -1.14. The monoisotopic (exact) mass is 269 g/mol. The molecular weight excluding hydrogens is 250 g/mol. The lowest BCUT2D eigenvalue weighted by Crippen LogP contribution is -2.30. The van der Waals surface area contributed by atoms with E-state index in [1.807, 2.05) is 0 Å². The lowest BCUT2D eigenvalue weighted by atomic mass is 9.95. The fraction of sp³-hybridized carbons (Fsp3) is 0.583. The second-order valence-electron chi connectivity index (χ2n) is 4.77. The largest absolute Gasteiger partial charge is 0.281 e. The van der Waals surface area contributed by atoms with Crippen LogP contribution in [0.15, 0.2) is 17.0 Å². The van der Waals surface area contributed by atoms with Gasteiger partial charge in [0.2, 0.25) is 10.0 Å². The molecule has 5 nitrogen and oxygen atoms in total. The molecule has 1 unspecified atom stereocenters. The molecule has 100 valence electrons. The zero-order chi connectivity index (χ0) is 13.2. The van der Waals surface area contributed by atoms with Crippen molar-refractivity contribution in [1.29, 1.82) is 0 Å². The minimum atomic E-state index is -3.45. The third-order valence-corrected chi connectivity index (χ3v) is 4.95. The third kappa shape index (κ3) is 2.81. The van der Waals surface area contributed by atoms with Gasteiger partial charge in [-0.2, -0.15) is 5.10 Å². The Labute approximate surface area is 108 Å². The molecule has 1 aromatic rings. The number of nitrogens with zero attached hydrogens (tertiary/aromatic N) is 1. The first-order valence-electron chi connectivity index (χ1n) is 6.17. The van der Waals surface area contributed by atoms with Gasteiger partial charge in [0, 0.05) is 6.54 Å². The maximum absolute atomic E-state index is 12.2. The summed E-state index contributed by atoms with van der Waals surface area (Å²) in [6, 6.07) is 0. The first-order chi connectivity index (χ1) is 8.50. The van der Waals surface area contributed by atoms with E-state index in [-0.39, 0.29) is 4.90 Å². The number of aromatic nitrogens is 2. The molecule has 0 amide bonds. The molecule has 0 radical (unpaired) electrons. The Morgan fingerprint density at radius 2 is 2.22 bits per heavy atom. The molecule has 0 bridgehead atoms. The van der Waals surface area contributed by atoms with Gasteiger partial charge in [-0.3, -0.25) is 5.10 Å². The van der Waals surface area contributed by atoms with Crippen molar-refractivity contribution in [3.05, 3.63) is 23.5 Å². The predicted octanol–water partition coefficient (Wildman–Crippen LogP) is 1.66. The van der Waals surface area contributed by atoms with E-state index >= 15 is 0 Å². The van der Waals surface area contributed by atoms with Crippen LogP contribution in [0.25, 0.3) is 0 Å². The van der Waals surface area contributed by atoms with Crippen LogP contribution in [0.2, 0.25) is 0 Å². The van der Waals surface area contributed by atoms with Crippen LogP contribution in [0.3, 0.4) is 0 Å². The maximum atomic E-state index is 12.2. The van der Waals surface area contributed by atoms with Crippen LogP contribution < -0.4 is 4.72 Å². The number of rotatable bonds is 4. The number of hydrogen-bond acceptors (Lipinski definition) is 3. The van der Waals surface area contributed by atoms with E-state index in [1.165, 1.54) is 0 Å². The van der Waals surface area contributed by atoms with Gasteiger partial charge in [0.1, 0.15) is 4.90 Å². The highest BCUT2D eigenvalue weighted by Gasteiger charge is 2.23. The molecule has 2 N–H and O–H groups in total. The number of hydrogen-bond donors (Lipinski definition) is 2. The summed E-state index contributed by atoms with van der Waals surface area (Å²) in [5.74, 6) is 0.400. The molecule has 2 rings (SSSR count). The number of aromatic amines is 1. The molecule has 0 spiro atoms. The molecule has 0 aliphatic heterocycles. The fourth-order valence-corrected chi connectivity index (χ4v) is 3.76. The van der Waals surface area contributed by atoms with Crippen LogP contribution in [-0.4, -0.2) is 25.2 Å². The Kier molecular flexibility index (Phi) is 3.87. The number of nitrogens with one attached hydrogen (secondary N) is 2. The minimum Gasteiger partial charge on any atom is -0.281 e. The standard InChI is InChI=1S/C12H19N3O2S/c1-9-12(10(2)15-14-9)18(16,17)13-8-11-6-4-3-5-7-11/h3-4,11,13H,5-8H2,1-2H3,(H,14,15). The van der Waals surface area contributed by atoms with Crippen LogP contribution in [0, 0.1) is 19.8 Å². The van der Waals surface area contributed by atoms with Crippen molar-refractivity contribution in [3.63, 3.8) is 0 Å². The van der Waals surface area contributed by atoms with E-state index in [0.717, 1.165) is 19.3 Å². The zero-order valence-electron chi connectivity index (χ0n) is 10.7. The Balaban J connectivity index is 2.06. The summed E-state index contributed by atoms with van der Waals surface area (Å²) in [5, 5.41) is 6.62. The summed E-state index contributed by atoms with van der Waals surface area (Å²) in [6.07, 6.45) is 7.30. The van der Waals surface area contributed by atoms with Gasteiger partial charge in [0.15, 0.2) is 0 Å². The summed E-state index contributed by atoms with van der Waals surface area (Å²) >= 11 is 0. The van der Waals surface area contributed by atoms with Gasteiger partial charge in [-0.15, -0.1) is 0 Å². The second-order valence-corrected chi connectivity index (χ2v) is 6.47. The summed E-state index contributed by atoms with van der Waals surface area (Å²) in [4.78, 5) is 0.286. The smallest absolute Gasteiger partial charge is 0.244 e. The van der Waals surface area contributed by atoms with Crippen molar-refractivity contribution in [3.8, 4) is 0 Å². The second kappa shape index (κ2) is 5.24. The normalized spacial score (nSPS) is 20.2. The molecular formula is C12H19N3O2S. The number of sulfonamides is 1. The molecule has 0 aromatic carbocycles. The molecule has 0 fully saturated rings. The summed E-state index contributed by atoms with van der Waals surface area (Å²) in [6.45, 7) is 3.91. The lowest BCUT2D eigenvalue weighted by Gasteiger charge is -2.18. The molecule has 18 heavy (non-hydrogen) atoms. The van der Waals surface area contributed by atoms with Gasteiger partial charge in [0.25, 0.3) is 0 Å². The van der Waals surface area contributed by atoms with Crippen molar-refractivity contribution >= 4 is 10.0 Å². The molecule has 6 heteroatoms. The maximum Gasteiger partial charge on any atom is 0.244 e. The van der Waals surface area contributed by atoms with Crippen LogP contribution in [-0.2, 0) is 10.0 Å². The van der Waals surface area contributed by atoms with Gasteiger partial charge in [-0.25, -0.2) is 13.1 Å². The van der Waals surface area contributed by atoms with E-state index in [0.29, 0.717) is 23.9 Å². The van der Waals surface area contributed by atoms with Crippen molar-refractivity contribution in [2.75, 3.05) is 6.54 Å². The predicted molar refractivity (Wildman–Crippen MR) is 69.7 cm³/mol. The zero-order valence-corrected chi connectivity index (χ0v) is 11.5. The minimum absolute atomic E-state index is 0.286. The first kappa shape index (κ1) is 13.3. The Morgan fingerprint density at radius 1 is 1.44 bits per heavy atom. The highest BCUT2D eigenvalue weighted by Crippen LogP contribution is 2.20. The summed E-state index contributed by atoms with van der Waals surface area (Å²) in [5.41, 5.74) is 1.10. The van der Waals surface area contributed by atoms with Crippen LogP contribution >= 0.6 is 0 Å². The lowest BCUT2D eigenvalue weighted by molar-refractivity contribution is 0.468. The van der Waals surface area contributed by atoms with Crippen LogP contribution in [0.1, 0.15) is 30.7 Å². The third-order valence-electron chi connectivity index (χ3n) is 3.27. The molecule has 1 heterocycles. The molecule has 1 atom stereocenters. The van der Waals surface area contributed by atoms with Gasteiger partial charge in [-0.1, -0.05) is 12.2 Å². The number of H-pyrrole nitrogens is 1. The molecule has 0 saturated carbocycles. The fourth-order valence-electron chi connectivity index (χ4n) is 2.28. The highest BCUT2D eigenvalue weighted by atomic mass is 32.2. The van der Waals surface area contributed by atoms with Gasteiger partial charge in [-0.05, 0) is 39.0 Å². The SMILES string of the molecule is Cc1n[nH]c(C)c1S(=O)(=O)NCC1CC=CCC1. The molecule has 1 aliphatic rings. The Morgan fingerprint density at radius 3 is 2.78 bits per heavy atom. The van der Waals surface area contributed by atoms with E-state index in [2.05, 4.69) is 27.1 Å². The first-order valence-corrected chi connectivity index (χ1v) is 7.65. The quantitative estimate of drug-likeness (QED) is 0.816. The van der Waals surface area contributed by atoms with Gasteiger partial charge >= 0.3 is 0 Å². The van der Waals surface area contributed by atoms with Crippen LogP contribution in [0.5, 0.6) is 0 Å². The Bertz CT molecular complexity index is 526. The van der Waals surface area contributed by atoms with E-state index in [4.69, 9.17) is 0 Å². The van der Waals surface area contributed by atoms with E-state index in [9.17, 15) is 8.42 Å². The number of allylic oxidation sites excluding steroid dienone is 2. The van der Waals surface area contributed by atoms with Crippen LogP contribution in [0.4, 0.5) is 0 Å². The average molecular weight is 269 g/mol. The van der Waals surface area contributed by atoms with Crippen molar-refractivity contribution in [2.24, 2.45) is 5.92 Å². The van der Waals surface area contributed by atoms with Gasteiger partial charge < -0.3 is 0 Å². The van der Waals surface area contributed by atoms with E-state index < -0.39 is 10.0 Å². The van der Waals surface area contributed by atoms with Crippen molar-refractivity contribution in [2.45, 2.75) is 38.0 Å². The average Bonchev–Trinajstić information content (AvgIpc) is 2.69. The van der Waals surface area contributed by atoms with Crippen molar-refractivity contribution < 1.29 is 8.42 Å². The number of aryl methyl sites for hydroxylation is 2. The van der Waals surface area contributed by atoms with Gasteiger partial charge in [0.05, 0.1) is 11.4 Å². The molecule has 1 aromatic heterocycles. The summed E-state index contributed by atoms with van der Waals surface area (Å²) in [7, 11) is -3.45. The van der Waals surface area contributed by atoms with E-state index in [1.54, 1.807) is 13.8 Å². The summed E-state index contributed by atoms with van der Waals surface area (Å²) < 4.78 is 27.1. The molecule has 1 aliphatic carbocycles. The van der Waals surface area contributed by atoms with Crippen molar-refractivity contribution in [1.82, 2.24) is 14.9 Å². The molecule has 0 saturated heterocycles. The topological polar surface area (TPSA) is 74.8 Å².